The molecule has 0 aliphatic rings. The minimum absolute atomic E-state index is 0. The Morgan fingerprint density at radius 3 is 2.00 bits per heavy atom. The molecule has 0 aliphatic carbocycles. The van der Waals surface area contributed by atoms with E-state index in [1.54, 1.807) is 0 Å². The van der Waals surface area contributed by atoms with Crippen LogP contribution in [0.5, 0.6) is 0 Å². The first-order valence-electron chi connectivity index (χ1n) is 1.19. The van der Waals surface area contributed by atoms with Crippen LogP contribution in [0, 0.1) is 0 Å². The van der Waals surface area contributed by atoms with Crippen LogP contribution in [0.1, 0.15) is 0 Å². The van der Waals surface area contributed by atoms with Gasteiger partial charge in [-0.1, -0.05) is 0 Å². The van der Waals surface area contributed by atoms with E-state index < -0.39 is 5.97 Å². The smallest absolute Gasteiger partial charge is 0.317 e. The Morgan fingerprint density at radius 2 is 2.00 bits per heavy atom. The SMILES string of the molecule is NCC(=O)O.[Zr]. The van der Waals surface area contributed by atoms with Crippen LogP contribution in [0.15, 0.2) is 0 Å². The number of hydrogen-bond donors (Lipinski definition) is 2. The predicted octanol–water partition coefficient (Wildman–Crippen LogP) is -0.973. The molecule has 34 valence electrons. The largest absolute Gasteiger partial charge is 0.480 e. The van der Waals surface area contributed by atoms with Crippen LogP contribution in [0.3, 0.4) is 0 Å². The van der Waals surface area contributed by atoms with Crippen LogP contribution in [0.4, 0.5) is 0 Å². The summed E-state index contributed by atoms with van der Waals surface area (Å²) in [4.78, 5) is 9.24. The fourth-order valence-electron chi connectivity index (χ4n) is 0. The Hall–Kier alpha value is 0.313. The Bertz CT molecular complexity index is 46.8. The molecule has 3 N–H and O–H groups in total. The summed E-state index contributed by atoms with van der Waals surface area (Å²) >= 11 is 0. The number of hydrogen-bond acceptors (Lipinski definition) is 2. The van der Waals surface area contributed by atoms with Gasteiger partial charge in [-0.05, 0) is 0 Å². The maximum Gasteiger partial charge on any atom is 0.317 e. The summed E-state index contributed by atoms with van der Waals surface area (Å²) in [7, 11) is 0. The normalized spacial score (nSPS) is 6.17. The van der Waals surface area contributed by atoms with Gasteiger partial charge in [0.1, 0.15) is 0 Å². The molecule has 0 aromatic heterocycles. The van der Waals surface area contributed by atoms with Crippen LogP contribution >= 0.6 is 0 Å². The van der Waals surface area contributed by atoms with Crippen LogP contribution in [-0.4, -0.2) is 17.6 Å². The summed E-state index contributed by atoms with van der Waals surface area (Å²) in [6.45, 7) is -0.278. The Labute approximate surface area is 54.6 Å². The average molecular weight is 166 g/mol. The average Bonchev–Trinajstić information content (AvgIpc) is 1.38. The van der Waals surface area contributed by atoms with E-state index in [9.17, 15) is 4.79 Å². The predicted molar refractivity (Wildman–Crippen MR) is 16.7 cm³/mol. The van der Waals surface area contributed by atoms with Gasteiger partial charge in [0.25, 0.3) is 0 Å². The van der Waals surface area contributed by atoms with Gasteiger partial charge in [-0.15, -0.1) is 0 Å². The van der Waals surface area contributed by atoms with Crippen LogP contribution in [0.25, 0.3) is 0 Å². The third kappa shape index (κ3) is 8.85. The Morgan fingerprint density at radius 1 is 1.83 bits per heavy atom. The number of carboxylic acid groups (broad SMARTS) is 1. The van der Waals surface area contributed by atoms with Crippen molar-refractivity contribution >= 4 is 5.97 Å². The van der Waals surface area contributed by atoms with Crippen LogP contribution < -0.4 is 5.73 Å². The zero-order chi connectivity index (χ0) is 4.28. The van der Waals surface area contributed by atoms with Gasteiger partial charge in [-0.2, -0.15) is 0 Å². The molecule has 0 heterocycles. The Balaban J connectivity index is 0. The topological polar surface area (TPSA) is 63.3 Å². The fourth-order valence-corrected chi connectivity index (χ4v) is 0. The van der Waals surface area contributed by atoms with Crippen molar-refractivity contribution in [3.8, 4) is 0 Å². The van der Waals surface area contributed by atoms with Gasteiger partial charge in [0.2, 0.25) is 0 Å². The van der Waals surface area contributed by atoms with Crippen molar-refractivity contribution < 1.29 is 36.1 Å². The number of aliphatic carboxylic acids is 1. The molecule has 4 heteroatoms. The summed E-state index contributed by atoms with van der Waals surface area (Å²) in [5, 5.41) is 7.60. The minimum Gasteiger partial charge on any atom is -0.480 e. The molecule has 0 radical (unpaired) electrons. The number of carboxylic acids is 1. The van der Waals surface area contributed by atoms with Crippen molar-refractivity contribution in [3.05, 3.63) is 0 Å². The number of rotatable bonds is 1. The second-order valence-electron chi connectivity index (χ2n) is 0.598. The van der Waals surface area contributed by atoms with Gasteiger partial charge in [0.05, 0.1) is 6.54 Å². The van der Waals surface area contributed by atoms with E-state index >= 15 is 0 Å². The van der Waals surface area contributed by atoms with Gasteiger partial charge in [0.15, 0.2) is 0 Å². The van der Waals surface area contributed by atoms with Crippen LogP contribution in [-0.2, 0) is 31.0 Å². The molecule has 0 saturated heterocycles. The molecule has 0 aliphatic heterocycles. The standard InChI is InChI=1S/C2H5NO2.Zr/c3-1-2(4)5;/h1,3H2,(H,4,5);. The quantitative estimate of drug-likeness (QED) is 0.527. The maximum atomic E-state index is 9.24. The van der Waals surface area contributed by atoms with Crippen molar-refractivity contribution in [1.82, 2.24) is 0 Å². The Kier molecular flexibility index (Phi) is 8.48. The fraction of sp³-hybridized carbons (Fsp3) is 0.500. The van der Waals surface area contributed by atoms with E-state index in [1.807, 2.05) is 0 Å². The first-order valence-corrected chi connectivity index (χ1v) is 1.19. The third-order valence-electron chi connectivity index (χ3n) is 0.175. The summed E-state index contributed by atoms with van der Waals surface area (Å²) in [6.07, 6.45) is 0. The first kappa shape index (κ1) is 9.58. The molecule has 0 spiro atoms. The molecule has 0 amide bonds. The molecule has 0 atom stereocenters. The molecule has 0 rings (SSSR count). The molecule has 6 heavy (non-hydrogen) atoms. The molecular weight excluding hydrogens is 161 g/mol. The number of nitrogens with two attached hydrogens (primary N) is 1. The summed E-state index contributed by atoms with van der Waals surface area (Å²) < 4.78 is 0. The molecule has 0 aromatic carbocycles. The van der Waals surface area contributed by atoms with Crippen molar-refractivity contribution in [2.75, 3.05) is 6.54 Å². The van der Waals surface area contributed by atoms with E-state index in [0.717, 1.165) is 0 Å². The molecule has 0 aromatic rings. The second-order valence-corrected chi connectivity index (χ2v) is 0.598. The zero-order valence-electron chi connectivity index (χ0n) is 3.14. The van der Waals surface area contributed by atoms with E-state index in [0.29, 0.717) is 0 Å². The first-order chi connectivity index (χ1) is 2.27. The van der Waals surface area contributed by atoms with Gasteiger partial charge < -0.3 is 10.8 Å². The monoisotopic (exact) mass is 165 g/mol. The van der Waals surface area contributed by atoms with Gasteiger partial charge >= 0.3 is 5.97 Å². The van der Waals surface area contributed by atoms with E-state index in [-0.39, 0.29) is 32.7 Å². The van der Waals surface area contributed by atoms with Crippen molar-refractivity contribution in [3.63, 3.8) is 0 Å². The molecule has 0 unspecified atom stereocenters. The van der Waals surface area contributed by atoms with Crippen molar-refractivity contribution in [2.45, 2.75) is 0 Å². The summed E-state index contributed by atoms with van der Waals surface area (Å²) in [5.74, 6) is -0.968. The van der Waals surface area contributed by atoms with E-state index in [2.05, 4.69) is 5.73 Å². The summed E-state index contributed by atoms with van der Waals surface area (Å²) in [6, 6.07) is 0. The summed E-state index contributed by atoms with van der Waals surface area (Å²) in [5.41, 5.74) is 4.57. The van der Waals surface area contributed by atoms with Gasteiger partial charge in [0, 0.05) is 26.2 Å². The molecule has 0 fully saturated rings. The maximum absolute atomic E-state index is 9.24. The third-order valence-corrected chi connectivity index (χ3v) is 0.175. The van der Waals surface area contributed by atoms with Gasteiger partial charge in [-0.25, -0.2) is 0 Å². The van der Waals surface area contributed by atoms with E-state index in [1.165, 1.54) is 0 Å². The van der Waals surface area contributed by atoms with Crippen molar-refractivity contribution in [1.29, 1.82) is 0 Å². The molecule has 0 saturated carbocycles. The van der Waals surface area contributed by atoms with E-state index in [4.69, 9.17) is 5.11 Å². The van der Waals surface area contributed by atoms with Crippen LogP contribution in [0.2, 0.25) is 0 Å². The minimum atomic E-state index is -0.968. The zero-order valence-corrected chi connectivity index (χ0v) is 5.60. The molecule has 0 bridgehead atoms. The van der Waals surface area contributed by atoms with Gasteiger partial charge in [-0.3, -0.25) is 4.79 Å². The second kappa shape index (κ2) is 5.31. The molecular formula is C2H5NO2Zr. The number of carbonyl (C=O) groups is 1. The van der Waals surface area contributed by atoms with Crippen molar-refractivity contribution in [2.24, 2.45) is 5.73 Å². The molecule has 3 nitrogen and oxygen atoms in total.